The SMILES string of the molecule is CCc1cnc(C)c(N)n1. The van der Waals surface area contributed by atoms with E-state index in [1.165, 1.54) is 0 Å². The zero-order chi connectivity index (χ0) is 7.56. The van der Waals surface area contributed by atoms with Crippen LogP contribution in [0.3, 0.4) is 0 Å². The number of hydrogen-bond acceptors (Lipinski definition) is 3. The molecule has 54 valence electrons. The van der Waals surface area contributed by atoms with E-state index in [0.29, 0.717) is 5.82 Å². The first-order valence-electron chi connectivity index (χ1n) is 3.32. The molecule has 2 N–H and O–H groups in total. The highest BCUT2D eigenvalue weighted by Crippen LogP contribution is 2.03. The molecule has 1 heterocycles. The molecule has 1 aromatic heterocycles. The number of anilines is 1. The topological polar surface area (TPSA) is 51.8 Å². The largest absolute Gasteiger partial charge is 0.382 e. The fourth-order valence-electron chi connectivity index (χ4n) is 0.672. The van der Waals surface area contributed by atoms with Crippen molar-refractivity contribution in [1.82, 2.24) is 9.97 Å². The van der Waals surface area contributed by atoms with Crippen LogP contribution in [0.2, 0.25) is 0 Å². The van der Waals surface area contributed by atoms with Crippen LogP contribution in [0.4, 0.5) is 5.82 Å². The molecule has 0 radical (unpaired) electrons. The second-order valence-electron chi connectivity index (χ2n) is 2.19. The predicted octanol–water partition coefficient (Wildman–Crippen LogP) is 0.930. The van der Waals surface area contributed by atoms with Crippen LogP contribution in [0.1, 0.15) is 18.3 Å². The van der Waals surface area contributed by atoms with Crippen molar-refractivity contribution in [3.8, 4) is 0 Å². The van der Waals surface area contributed by atoms with E-state index in [4.69, 9.17) is 5.73 Å². The fraction of sp³-hybridized carbons (Fsp3) is 0.429. The standard InChI is InChI=1S/C7H11N3/c1-3-6-4-9-5(2)7(8)10-6/h4H,3H2,1-2H3,(H2,8,10). The molecule has 3 nitrogen and oxygen atoms in total. The molecule has 1 aromatic rings. The van der Waals surface area contributed by atoms with Gasteiger partial charge in [0.15, 0.2) is 0 Å². The van der Waals surface area contributed by atoms with Crippen molar-refractivity contribution in [2.45, 2.75) is 20.3 Å². The molecule has 10 heavy (non-hydrogen) atoms. The Balaban J connectivity index is 3.04. The van der Waals surface area contributed by atoms with E-state index >= 15 is 0 Å². The zero-order valence-electron chi connectivity index (χ0n) is 6.26. The highest BCUT2D eigenvalue weighted by Gasteiger charge is 1.96. The highest BCUT2D eigenvalue weighted by atomic mass is 14.9. The fourth-order valence-corrected chi connectivity index (χ4v) is 0.672. The molecular formula is C7H11N3. The van der Waals surface area contributed by atoms with Gasteiger partial charge in [-0.15, -0.1) is 0 Å². The van der Waals surface area contributed by atoms with Crippen molar-refractivity contribution in [1.29, 1.82) is 0 Å². The number of nitrogens with zero attached hydrogens (tertiary/aromatic N) is 2. The molecule has 0 aliphatic carbocycles. The second-order valence-corrected chi connectivity index (χ2v) is 2.19. The third kappa shape index (κ3) is 1.23. The highest BCUT2D eigenvalue weighted by molar-refractivity contribution is 5.33. The molecule has 1 rings (SSSR count). The second kappa shape index (κ2) is 2.64. The third-order valence-corrected chi connectivity index (χ3v) is 1.40. The maximum atomic E-state index is 5.52. The summed E-state index contributed by atoms with van der Waals surface area (Å²) >= 11 is 0. The lowest BCUT2D eigenvalue weighted by Crippen LogP contribution is -1.99. The van der Waals surface area contributed by atoms with Gasteiger partial charge in [0.25, 0.3) is 0 Å². The smallest absolute Gasteiger partial charge is 0.145 e. The Morgan fingerprint density at radius 3 is 2.80 bits per heavy atom. The van der Waals surface area contributed by atoms with E-state index in [1.807, 2.05) is 13.8 Å². The average molecular weight is 137 g/mol. The number of aromatic nitrogens is 2. The number of nitrogens with two attached hydrogens (primary N) is 1. The Labute approximate surface area is 60.3 Å². The average Bonchev–Trinajstić information content (AvgIpc) is 1.95. The molecule has 0 saturated carbocycles. The van der Waals surface area contributed by atoms with Gasteiger partial charge in [-0.3, -0.25) is 4.98 Å². The van der Waals surface area contributed by atoms with Gasteiger partial charge < -0.3 is 5.73 Å². The van der Waals surface area contributed by atoms with Crippen molar-refractivity contribution >= 4 is 5.82 Å². The van der Waals surface area contributed by atoms with Crippen LogP contribution in [-0.4, -0.2) is 9.97 Å². The summed E-state index contributed by atoms with van der Waals surface area (Å²) < 4.78 is 0. The van der Waals surface area contributed by atoms with Crippen LogP contribution in [0.5, 0.6) is 0 Å². The minimum atomic E-state index is 0.541. The van der Waals surface area contributed by atoms with Crippen LogP contribution < -0.4 is 5.73 Å². The summed E-state index contributed by atoms with van der Waals surface area (Å²) in [6.45, 7) is 3.88. The summed E-state index contributed by atoms with van der Waals surface area (Å²) in [4.78, 5) is 8.17. The summed E-state index contributed by atoms with van der Waals surface area (Å²) in [6.07, 6.45) is 2.64. The quantitative estimate of drug-likeness (QED) is 0.626. The molecule has 0 bridgehead atoms. The van der Waals surface area contributed by atoms with E-state index in [2.05, 4.69) is 9.97 Å². The molecule has 0 atom stereocenters. The molecule has 0 aliphatic rings. The summed E-state index contributed by atoms with van der Waals surface area (Å²) in [7, 11) is 0. The number of rotatable bonds is 1. The van der Waals surface area contributed by atoms with E-state index < -0.39 is 0 Å². The summed E-state index contributed by atoms with van der Waals surface area (Å²) in [5.41, 5.74) is 7.27. The van der Waals surface area contributed by atoms with Crippen molar-refractivity contribution in [2.75, 3.05) is 5.73 Å². The van der Waals surface area contributed by atoms with Crippen LogP contribution in [-0.2, 0) is 6.42 Å². The van der Waals surface area contributed by atoms with Crippen molar-refractivity contribution in [2.24, 2.45) is 0 Å². The lowest BCUT2D eigenvalue weighted by molar-refractivity contribution is 0.986. The van der Waals surface area contributed by atoms with Gasteiger partial charge in [0, 0.05) is 6.20 Å². The maximum Gasteiger partial charge on any atom is 0.145 e. The first kappa shape index (κ1) is 6.99. The number of hydrogen-bond donors (Lipinski definition) is 1. The van der Waals surface area contributed by atoms with E-state index in [-0.39, 0.29) is 0 Å². The Kier molecular flexibility index (Phi) is 1.85. The number of nitrogen functional groups attached to an aromatic ring is 1. The van der Waals surface area contributed by atoms with Crippen LogP contribution in [0, 0.1) is 6.92 Å². The molecule has 0 unspecified atom stereocenters. The first-order valence-corrected chi connectivity index (χ1v) is 3.32. The molecule has 0 fully saturated rings. The maximum absolute atomic E-state index is 5.52. The van der Waals surface area contributed by atoms with Gasteiger partial charge in [-0.25, -0.2) is 4.98 Å². The molecular weight excluding hydrogens is 126 g/mol. The van der Waals surface area contributed by atoms with Crippen molar-refractivity contribution in [3.63, 3.8) is 0 Å². The molecule has 0 saturated heterocycles. The lowest BCUT2D eigenvalue weighted by atomic mass is 10.3. The van der Waals surface area contributed by atoms with Gasteiger partial charge in [-0.05, 0) is 13.3 Å². The Bertz CT molecular complexity index is 232. The molecule has 3 heteroatoms. The van der Waals surface area contributed by atoms with Gasteiger partial charge >= 0.3 is 0 Å². The van der Waals surface area contributed by atoms with Gasteiger partial charge in [0.05, 0.1) is 11.4 Å². The van der Waals surface area contributed by atoms with E-state index in [0.717, 1.165) is 17.8 Å². The van der Waals surface area contributed by atoms with Crippen LogP contribution in [0.25, 0.3) is 0 Å². The van der Waals surface area contributed by atoms with Crippen molar-refractivity contribution in [3.05, 3.63) is 17.6 Å². The van der Waals surface area contributed by atoms with E-state index in [9.17, 15) is 0 Å². The predicted molar refractivity (Wildman–Crippen MR) is 40.6 cm³/mol. The van der Waals surface area contributed by atoms with Crippen LogP contribution >= 0.6 is 0 Å². The summed E-state index contributed by atoms with van der Waals surface area (Å²) in [5, 5.41) is 0. The first-order chi connectivity index (χ1) is 4.74. The Morgan fingerprint density at radius 2 is 2.30 bits per heavy atom. The minimum absolute atomic E-state index is 0.541. The normalized spacial score (nSPS) is 9.80. The summed E-state index contributed by atoms with van der Waals surface area (Å²) in [5.74, 6) is 0.541. The molecule has 0 amide bonds. The van der Waals surface area contributed by atoms with E-state index in [1.54, 1.807) is 6.20 Å². The number of aryl methyl sites for hydroxylation is 2. The van der Waals surface area contributed by atoms with Gasteiger partial charge in [-0.1, -0.05) is 6.92 Å². The van der Waals surface area contributed by atoms with Gasteiger partial charge in [-0.2, -0.15) is 0 Å². The third-order valence-electron chi connectivity index (χ3n) is 1.40. The van der Waals surface area contributed by atoms with Gasteiger partial charge in [0.2, 0.25) is 0 Å². The lowest BCUT2D eigenvalue weighted by Gasteiger charge is -1.98. The Hall–Kier alpha value is -1.12. The molecule has 0 aliphatic heterocycles. The Morgan fingerprint density at radius 1 is 1.60 bits per heavy atom. The monoisotopic (exact) mass is 137 g/mol. The molecule has 0 spiro atoms. The minimum Gasteiger partial charge on any atom is -0.382 e. The zero-order valence-corrected chi connectivity index (χ0v) is 6.26. The summed E-state index contributed by atoms with van der Waals surface area (Å²) in [6, 6.07) is 0. The molecule has 0 aromatic carbocycles. The van der Waals surface area contributed by atoms with Crippen LogP contribution in [0.15, 0.2) is 6.20 Å². The van der Waals surface area contributed by atoms with Crippen molar-refractivity contribution < 1.29 is 0 Å². The van der Waals surface area contributed by atoms with Gasteiger partial charge in [0.1, 0.15) is 5.82 Å².